The largest absolute Gasteiger partial charge is 0.481 e. The maximum absolute atomic E-state index is 12.6. The van der Waals surface area contributed by atoms with Gasteiger partial charge in [0.25, 0.3) is 0 Å². The van der Waals surface area contributed by atoms with Crippen LogP contribution in [0.2, 0.25) is 0 Å². The molecule has 16 heavy (non-hydrogen) atoms. The van der Waals surface area contributed by atoms with Crippen LogP contribution >= 0.6 is 0 Å². The third kappa shape index (κ3) is 4.00. The highest BCUT2D eigenvalue weighted by atomic mass is 19.4. The number of aliphatic carboxylic acids is 1. The zero-order valence-corrected chi connectivity index (χ0v) is 8.89. The van der Waals surface area contributed by atoms with Crippen LogP contribution in [0.3, 0.4) is 0 Å². The summed E-state index contributed by atoms with van der Waals surface area (Å²) in [4.78, 5) is 10.3. The zero-order chi connectivity index (χ0) is 12.2. The number of carbonyl (C=O) groups is 1. The molecule has 0 aromatic rings. The Hall–Kier alpha value is -0.780. The molecule has 1 aliphatic rings. The molecule has 0 radical (unpaired) electrons. The number of rotatable bonds is 4. The first-order chi connectivity index (χ1) is 7.41. The highest BCUT2D eigenvalue weighted by molar-refractivity contribution is 5.66. The number of alkyl halides is 3. The summed E-state index contributed by atoms with van der Waals surface area (Å²) < 4.78 is 37.9. The van der Waals surface area contributed by atoms with Gasteiger partial charge in [-0.15, -0.1) is 0 Å². The van der Waals surface area contributed by atoms with E-state index >= 15 is 0 Å². The fourth-order valence-electron chi connectivity index (χ4n) is 2.13. The molecule has 0 aromatic heterocycles. The average molecular weight is 239 g/mol. The van der Waals surface area contributed by atoms with Gasteiger partial charge >= 0.3 is 12.1 Å². The molecule has 2 unspecified atom stereocenters. The first-order valence-corrected chi connectivity index (χ1v) is 5.43. The molecule has 94 valence electrons. The number of carboxylic acid groups (broad SMARTS) is 1. The zero-order valence-electron chi connectivity index (χ0n) is 8.89. The number of hydrogen-bond donors (Lipinski definition) is 2. The second-order valence-electron chi connectivity index (χ2n) is 4.14. The van der Waals surface area contributed by atoms with Crippen molar-refractivity contribution in [3.05, 3.63) is 0 Å². The van der Waals surface area contributed by atoms with E-state index in [9.17, 15) is 18.0 Å². The second-order valence-corrected chi connectivity index (χ2v) is 4.14. The Morgan fingerprint density at radius 2 is 1.94 bits per heavy atom. The first kappa shape index (κ1) is 13.3. The monoisotopic (exact) mass is 239 g/mol. The van der Waals surface area contributed by atoms with Gasteiger partial charge in [0.05, 0.1) is 12.3 Å². The number of hydrogen-bond acceptors (Lipinski definition) is 2. The van der Waals surface area contributed by atoms with Crippen LogP contribution in [0.5, 0.6) is 0 Å². The van der Waals surface area contributed by atoms with Gasteiger partial charge < -0.3 is 10.4 Å². The fourth-order valence-corrected chi connectivity index (χ4v) is 2.13. The maximum Gasteiger partial charge on any atom is 0.393 e. The lowest BCUT2D eigenvalue weighted by Crippen LogP contribution is -2.45. The Kier molecular flexibility index (Phi) is 4.58. The molecule has 2 N–H and O–H groups in total. The minimum atomic E-state index is -4.18. The van der Waals surface area contributed by atoms with Crippen molar-refractivity contribution in [1.82, 2.24) is 5.32 Å². The molecular weight excluding hydrogens is 223 g/mol. The SMILES string of the molecule is O=C(O)CCNC1CCCCC1C(F)(F)F. The molecule has 1 rings (SSSR count). The molecule has 0 aliphatic heterocycles. The Morgan fingerprint density at radius 1 is 1.31 bits per heavy atom. The predicted octanol–water partition coefficient (Wildman–Crippen LogP) is 2.17. The number of nitrogens with one attached hydrogen (secondary N) is 1. The molecule has 1 aliphatic carbocycles. The van der Waals surface area contributed by atoms with Crippen molar-refractivity contribution in [3.8, 4) is 0 Å². The van der Waals surface area contributed by atoms with E-state index in [4.69, 9.17) is 5.11 Å². The van der Waals surface area contributed by atoms with E-state index in [2.05, 4.69) is 5.32 Å². The highest BCUT2D eigenvalue weighted by Crippen LogP contribution is 2.37. The molecule has 3 nitrogen and oxygen atoms in total. The molecule has 0 heterocycles. The number of halogens is 3. The van der Waals surface area contributed by atoms with Crippen molar-refractivity contribution in [1.29, 1.82) is 0 Å². The Morgan fingerprint density at radius 3 is 2.50 bits per heavy atom. The Balaban J connectivity index is 2.44. The summed E-state index contributed by atoms with van der Waals surface area (Å²) in [7, 11) is 0. The van der Waals surface area contributed by atoms with Gasteiger partial charge in [0.15, 0.2) is 0 Å². The molecule has 0 spiro atoms. The topological polar surface area (TPSA) is 49.3 Å². The van der Waals surface area contributed by atoms with E-state index in [-0.39, 0.29) is 19.4 Å². The minimum absolute atomic E-state index is 0.104. The van der Waals surface area contributed by atoms with E-state index in [1.165, 1.54) is 0 Å². The van der Waals surface area contributed by atoms with Gasteiger partial charge in [-0.1, -0.05) is 12.8 Å². The van der Waals surface area contributed by atoms with Crippen molar-refractivity contribution < 1.29 is 23.1 Å². The van der Waals surface area contributed by atoms with E-state index in [1.807, 2.05) is 0 Å². The molecule has 1 fully saturated rings. The van der Waals surface area contributed by atoms with Gasteiger partial charge in [0, 0.05) is 12.6 Å². The van der Waals surface area contributed by atoms with Gasteiger partial charge in [-0.2, -0.15) is 13.2 Å². The standard InChI is InChI=1S/C10H16F3NO2/c11-10(12,13)7-3-1-2-4-8(7)14-6-5-9(15)16/h7-8,14H,1-6H2,(H,15,16). The smallest absolute Gasteiger partial charge is 0.393 e. The molecule has 0 saturated heterocycles. The Bertz CT molecular complexity index is 243. The van der Waals surface area contributed by atoms with Crippen LogP contribution in [0.4, 0.5) is 13.2 Å². The Labute approximate surface area is 92.0 Å². The van der Waals surface area contributed by atoms with Crippen LogP contribution in [-0.4, -0.2) is 29.8 Å². The van der Waals surface area contributed by atoms with E-state index < -0.39 is 24.1 Å². The molecule has 6 heteroatoms. The average Bonchev–Trinajstić information content (AvgIpc) is 2.16. The third-order valence-electron chi connectivity index (χ3n) is 2.93. The molecule has 1 saturated carbocycles. The fraction of sp³-hybridized carbons (Fsp3) is 0.900. The van der Waals surface area contributed by atoms with Crippen LogP contribution in [0, 0.1) is 5.92 Å². The highest BCUT2D eigenvalue weighted by Gasteiger charge is 2.45. The minimum Gasteiger partial charge on any atom is -0.481 e. The maximum atomic E-state index is 12.6. The number of carboxylic acids is 1. The van der Waals surface area contributed by atoms with Crippen LogP contribution in [0.25, 0.3) is 0 Å². The summed E-state index contributed by atoms with van der Waals surface area (Å²) in [5.41, 5.74) is 0. The second kappa shape index (κ2) is 5.52. The lowest BCUT2D eigenvalue weighted by atomic mass is 9.84. The van der Waals surface area contributed by atoms with Gasteiger partial charge in [-0.25, -0.2) is 0 Å². The normalized spacial score (nSPS) is 26.7. The molecule has 2 atom stereocenters. The van der Waals surface area contributed by atoms with Crippen molar-refractivity contribution in [2.24, 2.45) is 5.92 Å². The summed E-state index contributed by atoms with van der Waals surface area (Å²) in [6.45, 7) is 0.104. The first-order valence-electron chi connectivity index (χ1n) is 5.43. The van der Waals surface area contributed by atoms with Gasteiger partial charge in [0.1, 0.15) is 0 Å². The van der Waals surface area contributed by atoms with Gasteiger partial charge in [0.2, 0.25) is 0 Å². The summed E-state index contributed by atoms with van der Waals surface area (Å²) in [6, 6.07) is -0.618. The molecule has 0 amide bonds. The summed E-state index contributed by atoms with van der Waals surface area (Å²) in [5, 5.41) is 11.1. The van der Waals surface area contributed by atoms with Gasteiger partial charge in [-0.3, -0.25) is 4.79 Å². The molecular formula is C10H16F3NO2. The lowest BCUT2D eigenvalue weighted by molar-refractivity contribution is -0.188. The van der Waals surface area contributed by atoms with Gasteiger partial charge in [-0.05, 0) is 12.8 Å². The van der Waals surface area contributed by atoms with Crippen molar-refractivity contribution >= 4 is 5.97 Å². The lowest BCUT2D eigenvalue weighted by Gasteiger charge is -2.33. The van der Waals surface area contributed by atoms with Crippen molar-refractivity contribution in [2.45, 2.75) is 44.3 Å². The molecule has 0 bridgehead atoms. The van der Waals surface area contributed by atoms with E-state index in [1.54, 1.807) is 0 Å². The van der Waals surface area contributed by atoms with Crippen molar-refractivity contribution in [2.75, 3.05) is 6.54 Å². The summed E-state index contributed by atoms with van der Waals surface area (Å²) in [6.07, 6.45) is -2.32. The van der Waals surface area contributed by atoms with E-state index in [0.29, 0.717) is 12.8 Å². The van der Waals surface area contributed by atoms with Crippen LogP contribution in [0.1, 0.15) is 32.1 Å². The van der Waals surface area contributed by atoms with Crippen LogP contribution < -0.4 is 5.32 Å². The van der Waals surface area contributed by atoms with Crippen LogP contribution in [-0.2, 0) is 4.79 Å². The quantitative estimate of drug-likeness (QED) is 0.790. The third-order valence-corrected chi connectivity index (χ3v) is 2.93. The summed E-state index contributed by atoms with van der Waals surface area (Å²) >= 11 is 0. The van der Waals surface area contributed by atoms with Crippen LogP contribution in [0.15, 0.2) is 0 Å². The summed E-state index contributed by atoms with van der Waals surface area (Å²) in [5.74, 6) is -2.32. The molecule has 0 aromatic carbocycles. The van der Waals surface area contributed by atoms with E-state index in [0.717, 1.165) is 6.42 Å². The van der Waals surface area contributed by atoms with Crippen molar-refractivity contribution in [3.63, 3.8) is 0 Å². The predicted molar refractivity (Wildman–Crippen MR) is 52.1 cm³/mol.